The number of benzene rings is 2. The number of amides is 1. The van der Waals surface area contributed by atoms with Gasteiger partial charge in [0.05, 0.1) is 11.0 Å². The molecule has 3 rings (SSSR count). The van der Waals surface area contributed by atoms with E-state index in [0.717, 1.165) is 23.2 Å². The van der Waals surface area contributed by atoms with Gasteiger partial charge in [-0.15, -0.1) is 0 Å². The molecule has 0 fully saturated rings. The Kier molecular flexibility index (Phi) is 6.59. The molecular weight excluding hydrogens is 388 g/mol. The number of carbonyl (C=O) groups is 1. The van der Waals surface area contributed by atoms with Gasteiger partial charge in [0.2, 0.25) is 15.9 Å². The van der Waals surface area contributed by atoms with E-state index >= 15 is 0 Å². The fourth-order valence-corrected chi connectivity index (χ4v) is 4.44. The van der Waals surface area contributed by atoms with Gasteiger partial charge in [-0.1, -0.05) is 19.1 Å². The fourth-order valence-electron chi connectivity index (χ4n) is 3.42. The zero-order valence-corrected chi connectivity index (χ0v) is 18.0. The second kappa shape index (κ2) is 8.97. The van der Waals surface area contributed by atoms with Crippen molar-refractivity contribution in [3.63, 3.8) is 0 Å². The van der Waals surface area contributed by atoms with Crippen molar-refractivity contribution in [2.24, 2.45) is 0 Å². The molecule has 7 heteroatoms. The van der Waals surface area contributed by atoms with Crippen LogP contribution in [0.2, 0.25) is 0 Å². The van der Waals surface area contributed by atoms with Crippen LogP contribution < -0.4 is 14.4 Å². The lowest BCUT2D eigenvalue weighted by atomic mass is 9.98. The molecule has 0 saturated heterocycles. The van der Waals surface area contributed by atoms with Gasteiger partial charge in [0.25, 0.3) is 0 Å². The number of sulfonamides is 1. The van der Waals surface area contributed by atoms with Gasteiger partial charge in [-0.25, -0.2) is 13.1 Å². The van der Waals surface area contributed by atoms with Crippen molar-refractivity contribution in [3.05, 3.63) is 53.6 Å². The first-order chi connectivity index (χ1) is 13.8. The Labute approximate surface area is 172 Å². The van der Waals surface area contributed by atoms with Crippen LogP contribution in [-0.4, -0.2) is 27.0 Å². The molecule has 1 N–H and O–H groups in total. The van der Waals surface area contributed by atoms with E-state index in [9.17, 15) is 13.2 Å². The van der Waals surface area contributed by atoms with Gasteiger partial charge in [0.1, 0.15) is 5.75 Å². The van der Waals surface area contributed by atoms with Gasteiger partial charge in [0.15, 0.2) is 0 Å². The summed E-state index contributed by atoms with van der Waals surface area (Å²) in [5.41, 5.74) is 2.90. The topological polar surface area (TPSA) is 75.7 Å². The van der Waals surface area contributed by atoms with E-state index in [0.29, 0.717) is 25.1 Å². The number of hydrogen-bond acceptors (Lipinski definition) is 4. The maximum atomic E-state index is 12.6. The first kappa shape index (κ1) is 21.3. The molecule has 0 aromatic heterocycles. The third kappa shape index (κ3) is 5.16. The zero-order chi connectivity index (χ0) is 21.0. The van der Waals surface area contributed by atoms with E-state index in [-0.39, 0.29) is 23.5 Å². The largest absolute Gasteiger partial charge is 0.491 e. The first-order valence-electron chi connectivity index (χ1n) is 9.98. The number of ether oxygens (including phenoxy) is 1. The van der Waals surface area contributed by atoms with Crippen LogP contribution in [0.4, 0.5) is 5.69 Å². The zero-order valence-electron chi connectivity index (χ0n) is 17.1. The van der Waals surface area contributed by atoms with Crippen molar-refractivity contribution in [3.8, 4) is 5.75 Å². The number of rotatable bonds is 8. The third-order valence-electron chi connectivity index (χ3n) is 4.76. The first-order valence-corrected chi connectivity index (χ1v) is 11.5. The van der Waals surface area contributed by atoms with E-state index in [4.69, 9.17) is 4.74 Å². The second-order valence-electron chi connectivity index (χ2n) is 7.47. The van der Waals surface area contributed by atoms with E-state index in [1.807, 2.05) is 43.9 Å². The predicted octanol–water partition coefficient (Wildman–Crippen LogP) is 3.64. The van der Waals surface area contributed by atoms with Crippen LogP contribution in [-0.2, 0) is 27.8 Å². The SMILES string of the molecule is CCCN1C(=O)CCc2cc(CNS(=O)(=O)c3ccc(OC(C)C)cc3)ccc21. The molecule has 156 valence electrons. The Balaban J connectivity index is 1.70. The summed E-state index contributed by atoms with van der Waals surface area (Å²) in [6, 6.07) is 12.2. The van der Waals surface area contributed by atoms with Crippen LogP contribution in [0.1, 0.15) is 44.7 Å². The molecule has 2 aromatic rings. The van der Waals surface area contributed by atoms with Crippen LogP contribution in [0, 0.1) is 0 Å². The number of anilines is 1. The summed E-state index contributed by atoms with van der Waals surface area (Å²) in [6.07, 6.45) is 2.11. The number of nitrogens with one attached hydrogen (secondary N) is 1. The molecule has 0 unspecified atom stereocenters. The van der Waals surface area contributed by atoms with Gasteiger partial charge < -0.3 is 9.64 Å². The quantitative estimate of drug-likeness (QED) is 0.713. The van der Waals surface area contributed by atoms with Gasteiger partial charge in [0, 0.05) is 25.2 Å². The van der Waals surface area contributed by atoms with Gasteiger partial charge >= 0.3 is 0 Å². The second-order valence-corrected chi connectivity index (χ2v) is 9.24. The van der Waals surface area contributed by atoms with E-state index in [1.165, 1.54) is 0 Å². The van der Waals surface area contributed by atoms with E-state index in [1.54, 1.807) is 24.3 Å². The number of aryl methyl sites for hydroxylation is 1. The lowest BCUT2D eigenvalue weighted by Crippen LogP contribution is -2.35. The highest BCUT2D eigenvalue weighted by Gasteiger charge is 2.23. The Morgan fingerprint density at radius 3 is 2.48 bits per heavy atom. The van der Waals surface area contributed by atoms with Gasteiger partial charge in [-0.3, -0.25) is 4.79 Å². The highest BCUT2D eigenvalue weighted by atomic mass is 32.2. The van der Waals surface area contributed by atoms with Gasteiger partial charge in [-0.2, -0.15) is 0 Å². The van der Waals surface area contributed by atoms with Crippen molar-refractivity contribution in [1.82, 2.24) is 4.72 Å². The van der Waals surface area contributed by atoms with Crippen molar-refractivity contribution in [2.75, 3.05) is 11.4 Å². The smallest absolute Gasteiger partial charge is 0.240 e. The molecule has 1 aliphatic rings. The Morgan fingerprint density at radius 2 is 1.83 bits per heavy atom. The predicted molar refractivity (Wildman–Crippen MR) is 114 cm³/mol. The average molecular weight is 417 g/mol. The maximum absolute atomic E-state index is 12.6. The van der Waals surface area contributed by atoms with Crippen molar-refractivity contribution >= 4 is 21.6 Å². The standard InChI is InChI=1S/C22H28N2O4S/c1-4-13-24-21-11-5-17(14-18(21)6-12-22(24)25)15-23-29(26,27)20-9-7-19(8-10-20)28-16(2)3/h5,7-11,14,16,23H,4,6,12-13,15H2,1-3H3. The summed E-state index contributed by atoms with van der Waals surface area (Å²) in [5.74, 6) is 0.789. The lowest BCUT2D eigenvalue weighted by Gasteiger charge is -2.29. The molecule has 6 nitrogen and oxygen atoms in total. The van der Waals surface area contributed by atoms with E-state index in [2.05, 4.69) is 4.72 Å². The normalized spacial score (nSPS) is 14.2. The minimum Gasteiger partial charge on any atom is -0.491 e. The molecule has 0 bridgehead atoms. The molecule has 2 aromatic carbocycles. The lowest BCUT2D eigenvalue weighted by molar-refractivity contribution is -0.118. The van der Waals surface area contributed by atoms with Gasteiger partial charge in [-0.05, 0) is 68.1 Å². The minimum atomic E-state index is -3.62. The molecule has 1 aliphatic heterocycles. The molecule has 1 heterocycles. The van der Waals surface area contributed by atoms with Crippen LogP contribution in [0.5, 0.6) is 5.75 Å². The number of nitrogens with zero attached hydrogens (tertiary/aromatic N) is 1. The number of fused-ring (bicyclic) bond motifs is 1. The highest BCUT2D eigenvalue weighted by molar-refractivity contribution is 7.89. The molecule has 29 heavy (non-hydrogen) atoms. The van der Waals surface area contributed by atoms with Crippen LogP contribution in [0.15, 0.2) is 47.4 Å². The summed E-state index contributed by atoms with van der Waals surface area (Å²) in [4.78, 5) is 14.2. The number of carbonyl (C=O) groups excluding carboxylic acids is 1. The maximum Gasteiger partial charge on any atom is 0.240 e. The van der Waals surface area contributed by atoms with Crippen molar-refractivity contribution in [2.45, 2.75) is 57.6 Å². The van der Waals surface area contributed by atoms with Crippen LogP contribution in [0.3, 0.4) is 0 Å². The third-order valence-corrected chi connectivity index (χ3v) is 6.18. The van der Waals surface area contributed by atoms with Crippen molar-refractivity contribution < 1.29 is 17.9 Å². The molecular formula is C22H28N2O4S. The fraction of sp³-hybridized carbons (Fsp3) is 0.409. The van der Waals surface area contributed by atoms with Crippen LogP contribution in [0.25, 0.3) is 0 Å². The molecule has 1 amide bonds. The molecule has 0 radical (unpaired) electrons. The monoisotopic (exact) mass is 416 g/mol. The Hall–Kier alpha value is -2.38. The summed E-state index contributed by atoms with van der Waals surface area (Å²) in [5, 5.41) is 0. The number of hydrogen-bond donors (Lipinski definition) is 1. The Morgan fingerprint density at radius 1 is 1.10 bits per heavy atom. The van der Waals surface area contributed by atoms with E-state index < -0.39 is 10.0 Å². The van der Waals surface area contributed by atoms with Crippen LogP contribution >= 0.6 is 0 Å². The highest BCUT2D eigenvalue weighted by Crippen LogP contribution is 2.29. The van der Waals surface area contributed by atoms with Crippen molar-refractivity contribution in [1.29, 1.82) is 0 Å². The summed E-state index contributed by atoms with van der Waals surface area (Å²) in [7, 11) is -3.62. The molecule has 0 saturated carbocycles. The summed E-state index contributed by atoms with van der Waals surface area (Å²) < 4.78 is 33.4. The molecule has 0 spiro atoms. The average Bonchev–Trinajstić information content (AvgIpc) is 2.68. The minimum absolute atomic E-state index is 0.0307. The molecule has 0 atom stereocenters. The molecule has 0 aliphatic carbocycles. The summed E-state index contributed by atoms with van der Waals surface area (Å²) >= 11 is 0. The Bertz CT molecular complexity index is 969. The summed E-state index contributed by atoms with van der Waals surface area (Å²) in [6.45, 7) is 6.78.